The van der Waals surface area contributed by atoms with Crippen molar-refractivity contribution in [1.29, 1.82) is 0 Å². The average molecular weight is 273 g/mol. The summed E-state index contributed by atoms with van der Waals surface area (Å²) in [6.07, 6.45) is 1.41. The first kappa shape index (κ1) is 14.5. The molecule has 1 aromatic heterocycles. The van der Waals surface area contributed by atoms with Crippen molar-refractivity contribution in [2.24, 2.45) is 7.05 Å². The maximum Gasteiger partial charge on any atom is 0.287 e. The third-order valence-electron chi connectivity index (χ3n) is 2.03. The maximum atomic E-state index is 11.6. The minimum atomic E-state index is -0.405. The van der Waals surface area contributed by atoms with Crippen LogP contribution in [0.1, 0.15) is 20.8 Å². The van der Waals surface area contributed by atoms with Crippen molar-refractivity contribution in [3.63, 3.8) is 0 Å². The Morgan fingerprint density at radius 1 is 1.50 bits per heavy atom. The van der Waals surface area contributed by atoms with Gasteiger partial charge in [-0.05, 0) is 20.8 Å². The van der Waals surface area contributed by atoms with Crippen LogP contribution < -0.4 is 16.2 Å². The summed E-state index contributed by atoms with van der Waals surface area (Å²) in [6.45, 7) is 5.69. The van der Waals surface area contributed by atoms with E-state index in [-0.39, 0.29) is 23.0 Å². The fraction of sp³-hybridized carbons (Fsp3) is 0.545. The summed E-state index contributed by atoms with van der Waals surface area (Å²) < 4.78 is 1.13. The molecule has 0 aliphatic carbocycles. The number of carbonyl (C=O) groups excluding carboxylic acids is 1. The number of rotatable bonds is 3. The van der Waals surface area contributed by atoms with Gasteiger partial charge < -0.3 is 10.6 Å². The fourth-order valence-corrected chi connectivity index (χ4v) is 1.51. The molecule has 0 fully saturated rings. The van der Waals surface area contributed by atoms with E-state index in [9.17, 15) is 9.59 Å². The Labute approximate surface area is 110 Å². The fourth-order valence-electron chi connectivity index (χ4n) is 1.27. The van der Waals surface area contributed by atoms with Gasteiger partial charge in [0.2, 0.25) is 5.91 Å². The van der Waals surface area contributed by atoms with E-state index < -0.39 is 5.56 Å². The minimum absolute atomic E-state index is 0.0241. The van der Waals surface area contributed by atoms with Gasteiger partial charge in [0.25, 0.3) is 5.56 Å². The molecule has 18 heavy (non-hydrogen) atoms. The number of hydrogen-bond acceptors (Lipinski definition) is 4. The molecule has 100 valence electrons. The van der Waals surface area contributed by atoms with E-state index in [1.54, 1.807) is 0 Å². The van der Waals surface area contributed by atoms with Gasteiger partial charge in [-0.2, -0.15) is 5.10 Å². The average Bonchev–Trinajstić information content (AvgIpc) is 2.22. The van der Waals surface area contributed by atoms with Gasteiger partial charge in [0.1, 0.15) is 5.02 Å². The van der Waals surface area contributed by atoms with Crippen molar-refractivity contribution in [1.82, 2.24) is 15.1 Å². The molecule has 1 aromatic rings. The lowest BCUT2D eigenvalue weighted by atomic mass is 10.1. The molecular formula is C11H17ClN4O2. The van der Waals surface area contributed by atoms with Crippen molar-refractivity contribution >= 4 is 23.2 Å². The van der Waals surface area contributed by atoms with Gasteiger partial charge in [-0.15, -0.1) is 0 Å². The first-order valence-electron chi connectivity index (χ1n) is 5.47. The highest BCUT2D eigenvalue weighted by Gasteiger charge is 2.14. The second-order valence-corrected chi connectivity index (χ2v) is 5.33. The molecule has 1 rings (SSSR count). The molecule has 0 radical (unpaired) electrons. The van der Waals surface area contributed by atoms with Crippen molar-refractivity contribution in [2.75, 3.05) is 11.9 Å². The van der Waals surface area contributed by atoms with E-state index in [2.05, 4.69) is 15.7 Å². The van der Waals surface area contributed by atoms with Gasteiger partial charge in [0.05, 0.1) is 18.4 Å². The van der Waals surface area contributed by atoms with Crippen LogP contribution in [0, 0.1) is 0 Å². The standard InChI is InChI=1S/C11H17ClN4O2/c1-11(2,3)15-8(17)6-13-7-5-14-16(4)10(18)9(7)12/h5,13H,6H2,1-4H3,(H,15,17). The van der Waals surface area contributed by atoms with Crippen molar-refractivity contribution in [3.05, 3.63) is 21.6 Å². The molecule has 0 aliphatic rings. The zero-order valence-electron chi connectivity index (χ0n) is 10.9. The lowest BCUT2D eigenvalue weighted by Gasteiger charge is -2.20. The number of nitrogens with zero attached hydrogens (tertiary/aromatic N) is 2. The van der Waals surface area contributed by atoms with Crippen LogP contribution in [0.15, 0.2) is 11.0 Å². The number of aromatic nitrogens is 2. The second kappa shape index (κ2) is 5.39. The highest BCUT2D eigenvalue weighted by atomic mass is 35.5. The quantitative estimate of drug-likeness (QED) is 0.852. The van der Waals surface area contributed by atoms with Gasteiger partial charge in [0.15, 0.2) is 0 Å². The number of halogens is 1. The number of hydrogen-bond donors (Lipinski definition) is 2. The summed E-state index contributed by atoms with van der Waals surface area (Å²) in [5.74, 6) is -0.181. The molecular weight excluding hydrogens is 256 g/mol. The first-order valence-corrected chi connectivity index (χ1v) is 5.85. The molecule has 2 N–H and O–H groups in total. The van der Waals surface area contributed by atoms with Crippen molar-refractivity contribution < 1.29 is 4.79 Å². The second-order valence-electron chi connectivity index (χ2n) is 4.95. The minimum Gasteiger partial charge on any atom is -0.373 e. The first-order chi connectivity index (χ1) is 8.20. The van der Waals surface area contributed by atoms with E-state index in [1.807, 2.05) is 20.8 Å². The number of carbonyl (C=O) groups is 1. The molecule has 0 spiro atoms. The Hall–Kier alpha value is -1.56. The highest BCUT2D eigenvalue weighted by Crippen LogP contribution is 2.14. The van der Waals surface area contributed by atoms with Crippen molar-refractivity contribution in [3.8, 4) is 0 Å². The van der Waals surface area contributed by atoms with Crippen molar-refractivity contribution in [2.45, 2.75) is 26.3 Å². The normalized spacial score (nSPS) is 11.2. The zero-order chi connectivity index (χ0) is 13.9. The largest absolute Gasteiger partial charge is 0.373 e. The topological polar surface area (TPSA) is 76.0 Å². The predicted molar refractivity (Wildman–Crippen MR) is 70.9 cm³/mol. The summed E-state index contributed by atoms with van der Waals surface area (Å²) in [4.78, 5) is 23.1. The van der Waals surface area contributed by atoms with E-state index in [1.165, 1.54) is 13.2 Å². The molecule has 0 aliphatic heterocycles. The summed E-state index contributed by atoms with van der Waals surface area (Å²) in [7, 11) is 1.50. The summed E-state index contributed by atoms with van der Waals surface area (Å²) >= 11 is 5.85. The third kappa shape index (κ3) is 4.03. The summed E-state index contributed by atoms with van der Waals surface area (Å²) in [5, 5.41) is 9.41. The number of nitrogens with one attached hydrogen (secondary N) is 2. The van der Waals surface area contributed by atoms with Crippen LogP contribution in [0.25, 0.3) is 0 Å². The van der Waals surface area contributed by atoms with Gasteiger partial charge in [-0.25, -0.2) is 4.68 Å². The van der Waals surface area contributed by atoms with E-state index >= 15 is 0 Å². The van der Waals surface area contributed by atoms with Gasteiger partial charge in [0, 0.05) is 12.6 Å². The molecule has 6 nitrogen and oxygen atoms in total. The maximum absolute atomic E-state index is 11.6. The van der Waals surface area contributed by atoms with Crippen LogP contribution >= 0.6 is 11.6 Å². The Morgan fingerprint density at radius 2 is 2.11 bits per heavy atom. The zero-order valence-corrected chi connectivity index (χ0v) is 11.6. The smallest absolute Gasteiger partial charge is 0.287 e. The highest BCUT2D eigenvalue weighted by molar-refractivity contribution is 6.33. The lowest BCUT2D eigenvalue weighted by molar-refractivity contribution is -0.120. The molecule has 7 heteroatoms. The SMILES string of the molecule is Cn1ncc(NCC(=O)NC(C)(C)C)c(Cl)c1=O. The monoisotopic (exact) mass is 272 g/mol. The van der Waals surface area contributed by atoms with Crippen LogP contribution in [-0.4, -0.2) is 27.8 Å². The van der Waals surface area contributed by atoms with E-state index in [4.69, 9.17) is 11.6 Å². The molecule has 0 atom stereocenters. The molecule has 0 aromatic carbocycles. The van der Waals surface area contributed by atoms with E-state index in [0.717, 1.165) is 4.68 Å². The third-order valence-corrected chi connectivity index (χ3v) is 2.40. The van der Waals surface area contributed by atoms with E-state index in [0.29, 0.717) is 5.69 Å². The Bertz CT molecular complexity index is 505. The Balaban J connectivity index is 2.68. The summed E-state index contributed by atoms with van der Waals surface area (Å²) in [6, 6.07) is 0. The van der Waals surface area contributed by atoms with Crippen LogP contribution in [-0.2, 0) is 11.8 Å². The van der Waals surface area contributed by atoms with Crippen LogP contribution in [0.5, 0.6) is 0 Å². The summed E-state index contributed by atoms with van der Waals surface area (Å²) in [5.41, 5.74) is -0.352. The molecule has 1 heterocycles. The van der Waals surface area contributed by atoms with Crippen LogP contribution in [0.3, 0.4) is 0 Å². The number of amides is 1. The number of aryl methyl sites for hydroxylation is 1. The number of anilines is 1. The molecule has 0 bridgehead atoms. The van der Waals surface area contributed by atoms with Gasteiger partial charge >= 0.3 is 0 Å². The Kier molecular flexibility index (Phi) is 4.34. The van der Waals surface area contributed by atoms with Crippen LogP contribution in [0.4, 0.5) is 5.69 Å². The molecule has 0 saturated carbocycles. The molecule has 0 unspecified atom stereocenters. The van der Waals surface area contributed by atoms with Gasteiger partial charge in [-0.3, -0.25) is 9.59 Å². The molecule has 1 amide bonds. The Morgan fingerprint density at radius 3 is 2.67 bits per heavy atom. The lowest BCUT2D eigenvalue weighted by Crippen LogP contribution is -2.43. The molecule has 0 saturated heterocycles. The van der Waals surface area contributed by atoms with Gasteiger partial charge in [-0.1, -0.05) is 11.6 Å². The van der Waals surface area contributed by atoms with Crippen LogP contribution in [0.2, 0.25) is 5.02 Å². The predicted octanol–water partition coefficient (Wildman–Crippen LogP) is 0.760.